The molecule has 0 saturated carbocycles. The van der Waals surface area contributed by atoms with E-state index in [0.29, 0.717) is 27.9 Å². The summed E-state index contributed by atoms with van der Waals surface area (Å²) < 4.78 is 12.3. The second kappa shape index (κ2) is 5.34. The number of fused-ring (bicyclic) bond motifs is 1. The monoisotopic (exact) mass is 319 g/mol. The SMILES string of the molecule is COc1cc(OC)c(-c2nn(C)c3nc(N)ncc23)cc1Cl. The van der Waals surface area contributed by atoms with Crippen molar-refractivity contribution in [3.05, 3.63) is 23.4 Å². The molecule has 2 heterocycles. The van der Waals surface area contributed by atoms with E-state index in [1.807, 2.05) is 0 Å². The Morgan fingerprint density at radius 3 is 2.59 bits per heavy atom. The normalized spacial score (nSPS) is 10.9. The number of ether oxygens (including phenoxy) is 2. The molecular formula is C14H14ClN5O2. The second-order valence-electron chi connectivity index (χ2n) is 4.62. The highest BCUT2D eigenvalue weighted by molar-refractivity contribution is 6.32. The number of benzene rings is 1. The molecule has 0 radical (unpaired) electrons. The first-order valence-corrected chi connectivity index (χ1v) is 6.80. The molecule has 114 valence electrons. The van der Waals surface area contributed by atoms with E-state index >= 15 is 0 Å². The Labute approximate surface area is 131 Å². The number of hydrogen-bond donors (Lipinski definition) is 1. The van der Waals surface area contributed by atoms with E-state index < -0.39 is 0 Å². The molecule has 2 N–H and O–H groups in total. The molecule has 0 atom stereocenters. The summed E-state index contributed by atoms with van der Waals surface area (Å²) in [6.45, 7) is 0. The first kappa shape index (κ1) is 14.4. The van der Waals surface area contributed by atoms with E-state index in [-0.39, 0.29) is 5.95 Å². The molecule has 0 aliphatic rings. The average Bonchev–Trinajstić information content (AvgIpc) is 2.83. The van der Waals surface area contributed by atoms with Gasteiger partial charge in [0.05, 0.1) is 24.6 Å². The quantitative estimate of drug-likeness (QED) is 0.796. The number of aryl methyl sites for hydroxylation is 1. The molecule has 22 heavy (non-hydrogen) atoms. The van der Waals surface area contributed by atoms with Gasteiger partial charge in [-0.05, 0) is 6.07 Å². The van der Waals surface area contributed by atoms with Gasteiger partial charge in [0.15, 0.2) is 5.65 Å². The summed E-state index contributed by atoms with van der Waals surface area (Å²) in [7, 11) is 4.91. The van der Waals surface area contributed by atoms with Crippen LogP contribution in [0.15, 0.2) is 18.3 Å². The van der Waals surface area contributed by atoms with E-state index in [1.165, 1.54) is 0 Å². The minimum absolute atomic E-state index is 0.196. The van der Waals surface area contributed by atoms with Crippen molar-refractivity contribution in [3.63, 3.8) is 0 Å². The van der Waals surface area contributed by atoms with Crippen molar-refractivity contribution in [2.24, 2.45) is 7.05 Å². The fourth-order valence-electron chi connectivity index (χ4n) is 2.30. The Bertz CT molecular complexity index is 862. The van der Waals surface area contributed by atoms with E-state index in [1.54, 1.807) is 44.3 Å². The molecular weight excluding hydrogens is 306 g/mol. The van der Waals surface area contributed by atoms with Crippen molar-refractivity contribution in [1.29, 1.82) is 0 Å². The lowest BCUT2D eigenvalue weighted by Gasteiger charge is -2.10. The number of halogens is 1. The number of aromatic nitrogens is 4. The summed E-state index contributed by atoms with van der Waals surface area (Å²) in [6, 6.07) is 3.47. The predicted molar refractivity (Wildman–Crippen MR) is 84.3 cm³/mol. The summed E-state index contributed by atoms with van der Waals surface area (Å²) in [5.74, 6) is 1.32. The number of nitrogens with two attached hydrogens (primary N) is 1. The summed E-state index contributed by atoms with van der Waals surface area (Å²) in [5.41, 5.74) is 7.66. The highest BCUT2D eigenvalue weighted by Gasteiger charge is 2.18. The smallest absolute Gasteiger partial charge is 0.222 e. The number of nitrogen functional groups attached to an aromatic ring is 1. The Hall–Kier alpha value is -2.54. The van der Waals surface area contributed by atoms with Gasteiger partial charge in [-0.3, -0.25) is 0 Å². The molecule has 3 aromatic rings. The van der Waals surface area contributed by atoms with Gasteiger partial charge in [0.25, 0.3) is 0 Å². The zero-order valence-corrected chi connectivity index (χ0v) is 13.0. The van der Waals surface area contributed by atoms with E-state index in [2.05, 4.69) is 15.1 Å². The predicted octanol–water partition coefficient (Wildman–Crippen LogP) is 2.28. The van der Waals surface area contributed by atoms with Crippen molar-refractivity contribution in [3.8, 4) is 22.8 Å². The van der Waals surface area contributed by atoms with Crippen LogP contribution in [0.1, 0.15) is 0 Å². The van der Waals surface area contributed by atoms with Gasteiger partial charge in [0.2, 0.25) is 5.95 Å². The van der Waals surface area contributed by atoms with Crippen LogP contribution >= 0.6 is 11.6 Å². The van der Waals surface area contributed by atoms with Crippen molar-refractivity contribution < 1.29 is 9.47 Å². The average molecular weight is 320 g/mol. The molecule has 0 bridgehead atoms. The van der Waals surface area contributed by atoms with Crippen LogP contribution in [0.2, 0.25) is 5.02 Å². The first-order valence-electron chi connectivity index (χ1n) is 6.42. The number of rotatable bonds is 3. The van der Waals surface area contributed by atoms with Gasteiger partial charge in [0.1, 0.15) is 17.2 Å². The number of anilines is 1. The van der Waals surface area contributed by atoms with Crippen LogP contribution in [0.4, 0.5) is 5.95 Å². The number of hydrogen-bond acceptors (Lipinski definition) is 6. The Balaban J connectivity index is 2.30. The van der Waals surface area contributed by atoms with Gasteiger partial charge < -0.3 is 15.2 Å². The van der Waals surface area contributed by atoms with Gasteiger partial charge in [0, 0.05) is 24.9 Å². The third-order valence-electron chi connectivity index (χ3n) is 3.33. The summed E-state index contributed by atoms with van der Waals surface area (Å²) >= 11 is 6.23. The van der Waals surface area contributed by atoms with Crippen LogP contribution in [0, 0.1) is 0 Å². The third-order valence-corrected chi connectivity index (χ3v) is 3.62. The zero-order valence-electron chi connectivity index (χ0n) is 12.3. The lowest BCUT2D eigenvalue weighted by Crippen LogP contribution is -1.97. The highest BCUT2D eigenvalue weighted by atomic mass is 35.5. The van der Waals surface area contributed by atoms with Crippen LogP contribution in [-0.2, 0) is 7.05 Å². The summed E-state index contributed by atoms with van der Waals surface area (Å²) in [4.78, 5) is 8.23. The minimum Gasteiger partial charge on any atom is -0.496 e. The van der Waals surface area contributed by atoms with E-state index in [0.717, 1.165) is 10.9 Å². The molecule has 7 nitrogen and oxygen atoms in total. The molecule has 0 spiro atoms. The molecule has 0 fully saturated rings. The Morgan fingerprint density at radius 1 is 1.18 bits per heavy atom. The standard InChI is InChI=1S/C14H14ClN5O2/c1-20-13-8(6-17-14(16)18-13)12(19-20)7-4-9(15)11(22-3)5-10(7)21-2/h4-6H,1-3H3,(H2,16,17,18). The third kappa shape index (κ3) is 2.19. The van der Waals surface area contributed by atoms with Gasteiger partial charge in [-0.2, -0.15) is 10.1 Å². The van der Waals surface area contributed by atoms with Crippen LogP contribution < -0.4 is 15.2 Å². The summed E-state index contributed by atoms with van der Waals surface area (Å²) in [5, 5.41) is 5.71. The van der Waals surface area contributed by atoms with Crippen LogP contribution in [0.25, 0.3) is 22.3 Å². The fourth-order valence-corrected chi connectivity index (χ4v) is 2.54. The van der Waals surface area contributed by atoms with Crippen LogP contribution in [-0.4, -0.2) is 34.0 Å². The van der Waals surface area contributed by atoms with Crippen LogP contribution in [0.5, 0.6) is 11.5 Å². The number of methoxy groups -OCH3 is 2. The molecule has 8 heteroatoms. The molecule has 0 aliphatic heterocycles. The Morgan fingerprint density at radius 2 is 1.91 bits per heavy atom. The summed E-state index contributed by atoms with van der Waals surface area (Å²) in [6.07, 6.45) is 1.64. The first-order chi connectivity index (χ1) is 10.5. The molecule has 1 aromatic carbocycles. The fraction of sp³-hybridized carbons (Fsp3) is 0.214. The molecule has 0 aliphatic carbocycles. The van der Waals surface area contributed by atoms with E-state index in [4.69, 9.17) is 26.8 Å². The highest BCUT2D eigenvalue weighted by Crippen LogP contribution is 2.39. The van der Waals surface area contributed by atoms with Gasteiger partial charge in [-0.15, -0.1) is 0 Å². The van der Waals surface area contributed by atoms with Crippen molar-refractivity contribution in [2.75, 3.05) is 20.0 Å². The lowest BCUT2D eigenvalue weighted by molar-refractivity contribution is 0.395. The number of nitrogens with zero attached hydrogens (tertiary/aromatic N) is 4. The lowest BCUT2D eigenvalue weighted by atomic mass is 10.1. The van der Waals surface area contributed by atoms with Gasteiger partial charge in [-0.25, -0.2) is 9.67 Å². The molecule has 3 rings (SSSR count). The van der Waals surface area contributed by atoms with E-state index in [9.17, 15) is 0 Å². The topological polar surface area (TPSA) is 88.1 Å². The second-order valence-corrected chi connectivity index (χ2v) is 5.03. The molecule has 0 saturated heterocycles. The van der Waals surface area contributed by atoms with Crippen molar-refractivity contribution >= 4 is 28.6 Å². The van der Waals surface area contributed by atoms with Crippen molar-refractivity contribution in [2.45, 2.75) is 0 Å². The van der Waals surface area contributed by atoms with Crippen LogP contribution in [0.3, 0.4) is 0 Å². The maximum absolute atomic E-state index is 6.23. The van der Waals surface area contributed by atoms with Gasteiger partial charge >= 0.3 is 0 Å². The van der Waals surface area contributed by atoms with Crippen molar-refractivity contribution in [1.82, 2.24) is 19.7 Å². The van der Waals surface area contributed by atoms with Gasteiger partial charge in [-0.1, -0.05) is 11.6 Å². The maximum Gasteiger partial charge on any atom is 0.222 e. The largest absolute Gasteiger partial charge is 0.496 e. The minimum atomic E-state index is 0.196. The molecule has 0 unspecified atom stereocenters. The maximum atomic E-state index is 6.23. The molecule has 2 aromatic heterocycles. The Kier molecular flexibility index (Phi) is 3.50. The zero-order chi connectivity index (χ0) is 15.9. The molecule has 0 amide bonds.